The highest BCUT2D eigenvalue weighted by Gasteiger charge is 2.18. The van der Waals surface area contributed by atoms with E-state index in [1.54, 1.807) is 0 Å². The molecule has 0 amide bonds. The SMILES string of the molecule is Cc1cc(C)nc(Cn2c3ccccc3c3ccc4c5ccccc5n(C)c4c32)n1. The summed E-state index contributed by atoms with van der Waals surface area (Å²) in [4.78, 5) is 9.46. The highest BCUT2D eigenvalue weighted by Crippen LogP contribution is 2.38. The van der Waals surface area contributed by atoms with Crippen LogP contribution in [-0.2, 0) is 13.6 Å². The van der Waals surface area contributed by atoms with Gasteiger partial charge in [0, 0.05) is 51.0 Å². The van der Waals surface area contributed by atoms with E-state index in [4.69, 9.17) is 9.97 Å². The lowest BCUT2D eigenvalue weighted by Crippen LogP contribution is -2.07. The zero-order chi connectivity index (χ0) is 20.4. The Hall–Kier alpha value is -3.66. The maximum atomic E-state index is 4.73. The third kappa shape index (κ3) is 2.34. The van der Waals surface area contributed by atoms with Crippen LogP contribution in [0.15, 0.2) is 66.7 Å². The molecule has 0 saturated heterocycles. The van der Waals surface area contributed by atoms with Crippen LogP contribution in [0, 0.1) is 13.8 Å². The molecule has 0 N–H and O–H groups in total. The van der Waals surface area contributed by atoms with Crippen LogP contribution in [0.1, 0.15) is 17.2 Å². The minimum atomic E-state index is 0.646. The van der Waals surface area contributed by atoms with Crippen molar-refractivity contribution in [2.75, 3.05) is 0 Å². The number of hydrogen-bond donors (Lipinski definition) is 0. The van der Waals surface area contributed by atoms with E-state index in [9.17, 15) is 0 Å². The fourth-order valence-electron chi connectivity index (χ4n) is 4.97. The topological polar surface area (TPSA) is 35.6 Å². The molecule has 0 atom stereocenters. The van der Waals surface area contributed by atoms with Crippen molar-refractivity contribution in [2.45, 2.75) is 20.4 Å². The molecule has 0 saturated carbocycles. The lowest BCUT2D eigenvalue weighted by molar-refractivity contribution is 0.779. The first-order valence-electron chi connectivity index (χ1n) is 10.3. The quantitative estimate of drug-likeness (QED) is 0.369. The molecule has 6 rings (SSSR count). The summed E-state index contributed by atoms with van der Waals surface area (Å²) in [5.74, 6) is 0.853. The third-order valence-electron chi connectivity index (χ3n) is 6.13. The van der Waals surface area contributed by atoms with Crippen LogP contribution in [0.2, 0.25) is 0 Å². The Bertz CT molecular complexity index is 1580. The van der Waals surface area contributed by atoms with Gasteiger partial charge in [-0.05, 0) is 32.0 Å². The van der Waals surface area contributed by atoms with Crippen molar-refractivity contribution in [3.63, 3.8) is 0 Å². The predicted molar refractivity (Wildman–Crippen MR) is 124 cm³/mol. The molecule has 6 aromatic rings. The fourth-order valence-corrected chi connectivity index (χ4v) is 4.97. The summed E-state index contributed by atoms with van der Waals surface area (Å²) in [6.07, 6.45) is 0. The number of hydrogen-bond acceptors (Lipinski definition) is 2. The second-order valence-corrected chi connectivity index (χ2v) is 8.10. The van der Waals surface area contributed by atoms with Gasteiger partial charge in [-0.3, -0.25) is 0 Å². The monoisotopic (exact) mass is 390 g/mol. The van der Waals surface area contributed by atoms with Crippen LogP contribution >= 0.6 is 0 Å². The first-order valence-corrected chi connectivity index (χ1v) is 10.3. The smallest absolute Gasteiger partial charge is 0.148 e. The average molecular weight is 390 g/mol. The molecule has 3 heterocycles. The van der Waals surface area contributed by atoms with E-state index in [1.165, 1.54) is 43.6 Å². The second-order valence-electron chi connectivity index (χ2n) is 8.10. The molecule has 3 aromatic carbocycles. The van der Waals surface area contributed by atoms with Crippen LogP contribution < -0.4 is 0 Å². The minimum Gasteiger partial charge on any atom is -0.342 e. The molecule has 0 unspecified atom stereocenters. The van der Waals surface area contributed by atoms with Gasteiger partial charge in [-0.1, -0.05) is 48.5 Å². The predicted octanol–water partition coefficient (Wildman–Crippen LogP) is 5.89. The van der Waals surface area contributed by atoms with E-state index in [-0.39, 0.29) is 0 Å². The molecular formula is C26H22N4. The normalized spacial score (nSPS) is 12.0. The number of aryl methyl sites for hydroxylation is 3. The van der Waals surface area contributed by atoms with E-state index in [0.717, 1.165) is 17.2 Å². The summed E-state index contributed by atoms with van der Waals surface area (Å²) in [5, 5.41) is 5.11. The standard InChI is InChI=1S/C26H22N4/c1-16-14-17(2)28-24(27-16)15-30-23-11-7-5-9-19(23)21-13-12-20-18-8-4-6-10-22(18)29(3)25(20)26(21)30/h4-14H,15H2,1-3H3. The van der Waals surface area contributed by atoms with E-state index >= 15 is 0 Å². The molecule has 4 heteroatoms. The maximum absolute atomic E-state index is 4.73. The van der Waals surface area contributed by atoms with Gasteiger partial charge in [0.2, 0.25) is 0 Å². The first kappa shape index (κ1) is 17.2. The number of para-hydroxylation sites is 2. The first-order chi connectivity index (χ1) is 14.6. The minimum absolute atomic E-state index is 0.646. The van der Waals surface area contributed by atoms with Gasteiger partial charge < -0.3 is 9.13 Å². The van der Waals surface area contributed by atoms with Crippen molar-refractivity contribution in [1.29, 1.82) is 0 Å². The van der Waals surface area contributed by atoms with Gasteiger partial charge in [0.1, 0.15) is 5.82 Å². The van der Waals surface area contributed by atoms with E-state index in [1.807, 2.05) is 19.9 Å². The molecule has 0 aliphatic carbocycles. The van der Waals surface area contributed by atoms with Crippen LogP contribution in [0.5, 0.6) is 0 Å². The Morgan fingerprint density at radius 1 is 0.667 bits per heavy atom. The van der Waals surface area contributed by atoms with Gasteiger partial charge in [0.25, 0.3) is 0 Å². The molecule has 0 radical (unpaired) electrons. The number of benzene rings is 3. The Morgan fingerprint density at radius 2 is 1.23 bits per heavy atom. The van der Waals surface area contributed by atoms with Gasteiger partial charge in [-0.15, -0.1) is 0 Å². The van der Waals surface area contributed by atoms with Gasteiger partial charge in [0.05, 0.1) is 17.6 Å². The number of rotatable bonds is 2. The summed E-state index contributed by atoms with van der Waals surface area (Å²) in [6, 6.07) is 23.8. The highest BCUT2D eigenvalue weighted by atomic mass is 15.1. The van der Waals surface area contributed by atoms with Gasteiger partial charge in [-0.2, -0.15) is 0 Å². The Balaban J connectivity index is 1.78. The van der Waals surface area contributed by atoms with E-state index in [2.05, 4.69) is 76.8 Å². The summed E-state index contributed by atoms with van der Waals surface area (Å²) in [5.41, 5.74) is 6.98. The largest absolute Gasteiger partial charge is 0.342 e. The molecule has 4 nitrogen and oxygen atoms in total. The summed E-state index contributed by atoms with van der Waals surface area (Å²) in [6.45, 7) is 4.71. The lowest BCUT2D eigenvalue weighted by atomic mass is 10.1. The number of fused-ring (bicyclic) bond motifs is 7. The van der Waals surface area contributed by atoms with Crippen molar-refractivity contribution < 1.29 is 0 Å². The Labute approximate surface area is 174 Å². The van der Waals surface area contributed by atoms with Crippen molar-refractivity contribution in [2.24, 2.45) is 7.05 Å². The van der Waals surface area contributed by atoms with Crippen molar-refractivity contribution in [1.82, 2.24) is 19.1 Å². The van der Waals surface area contributed by atoms with Crippen LogP contribution in [-0.4, -0.2) is 19.1 Å². The van der Waals surface area contributed by atoms with E-state index < -0.39 is 0 Å². The Morgan fingerprint density at radius 3 is 1.93 bits per heavy atom. The Kier molecular flexibility index (Phi) is 3.54. The van der Waals surface area contributed by atoms with Gasteiger partial charge in [-0.25, -0.2) is 9.97 Å². The summed E-state index contributed by atoms with van der Waals surface area (Å²) in [7, 11) is 2.17. The molecular weight excluding hydrogens is 368 g/mol. The third-order valence-corrected chi connectivity index (χ3v) is 6.13. The van der Waals surface area contributed by atoms with Crippen molar-refractivity contribution >= 4 is 43.6 Å². The molecule has 0 spiro atoms. The molecule has 0 aliphatic rings. The summed E-state index contributed by atoms with van der Waals surface area (Å²) < 4.78 is 4.71. The zero-order valence-electron chi connectivity index (χ0n) is 17.3. The molecule has 3 aromatic heterocycles. The fraction of sp³-hybridized carbons (Fsp3) is 0.154. The van der Waals surface area contributed by atoms with Crippen molar-refractivity contribution in [3.8, 4) is 0 Å². The number of aromatic nitrogens is 4. The highest BCUT2D eigenvalue weighted by molar-refractivity contribution is 6.22. The average Bonchev–Trinajstić information content (AvgIpc) is 3.21. The zero-order valence-corrected chi connectivity index (χ0v) is 17.3. The molecule has 0 fully saturated rings. The maximum Gasteiger partial charge on any atom is 0.148 e. The molecule has 30 heavy (non-hydrogen) atoms. The number of nitrogens with zero attached hydrogens (tertiary/aromatic N) is 4. The lowest BCUT2D eigenvalue weighted by Gasteiger charge is -2.10. The molecule has 0 bridgehead atoms. The van der Waals surface area contributed by atoms with E-state index in [0.29, 0.717) is 6.54 Å². The van der Waals surface area contributed by atoms with Gasteiger partial charge in [0.15, 0.2) is 0 Å². The molecule has 0 aliphatic heterocycles. The van der Waals surface area contributed by atoms with Crippen molar-refractivity contribution in [3.05, 3.63) is 83.9 Å². The van der Waals surface area contributed by atoms with Gasteiger partial charge >= 0.3 is 0 Å². The second kappa shape index (κ2) is 6.17. The molecule has 146 valence electrons. The van der Waals surface area contributed by atoms with Crippen LogP contribution in [0.4, 0.5) is 0 Å². The summed E-state index contributed by atoms with van der Waals surface area (Å²) >= 11 is 0. The van der Waals surface area contributed by atoms with Crippen LogP contribution in [0.3, 0.4) is 0 Å². The van der Waals surface area contributed by atoms with Crippen LogP contribution in [0.25, 0.3) is 43.6 Å².